The van der Waals surface area contributed by atoms with Crippen LogP contribution in [0.1, 0.15) is 11.1 Å². The van der Waals surface area contributed by atoms with Crippen LogP contribution in [0, 0.1) is 18.6 Å². The minimum atomic E-state index is -4.16. The van der Waals surface area contributed by atoms with Crippen LogP contribution in [0.3, 0.4) is 0 Å². The third kappa shape index (κ3) is 3.52. The maximum absolute atomic E-state index is 13.9. The Morgan fingerprint density at radius 2 is 1.53 bits per heavy atom. The molecule has 4 rings (SSSR count). The Labute approximate surface area is 172 Å². The van der Waals surface area contributed by atoms with Crippen molar-refractivity contribution < 1.29 is 17.2 Å². The van der Waals surface area contributed by atoms with E-state index in [0.717, 1.165) is 23.3 Å². The highest BCUT2D eigenvalue weighted by Gasteiger charge is 2.24. The van der Waals surface area contributed by atoms with E-state index in [1.807, 2.05) is 31.2 Å². The Balaban J connectivity index is 2.00. The first-order chi connectivity index (χ1) is 14.3. The van der Waals surface area contributed by atoms with E-state index in [4.69, 9.17) is 0 Å². The van der Waals surface area contributed by atoms with Crippen LogP contribution < -0.4 is 5.43 Å². The number of nitrogens with zero attached hydrogens (tertiary/aromatic N) is 1. The normalized spacial score (nSPS) is 11.7. The molecule has 0 atom stereocenters. The summed E-state index contributed by atoms with van der Waals surface area (Å²) in [6, 6.07) is 16.7. The number of hydrogen-bond donors (Lipinski definition) is 0. The van der Waals surface area contributed by atoms with Crippen molar-refractivity contribution in [3.8, 4) is 0 Å². The monoisotopic (exact) mass is 425 g/mol. The van der Waals surface area contributed by atoms with Gasteiger partial charge >= 0.3 is 0 Å². The van der Waals surface area contributed by atoms with Gasteiger partial charge in [-0.2, -0.15) is 0 Å². The molecule has 0 aliphatic rings. The molecule has 4 nitrogen and oxygen atoms in total. The first kappa shape index (κ1) is 20.0. The number of aryl methyl sites for hydroxylation is 1. The van der Waals surface area contributed by atoms with E-state index in [-0.39, 0.29) is 22.3 Å². The number of hydrogen-bond acceptors (Lipinski definition) is 3. The zero-order valence-electron chi connectivity index (χ0n) is 16.0. The summed E-state index contributed by atoms with van der Waals surface area (Å²) < 4.78 is 55.5. The Kier molecular flexibility index (Phi) is 4.99. The predicted octanol–water partition coefficient (Wildman–Crippen LogP) is 4.47. The van der Waals surface area contributed by atoms with E-state index in [2.05, 4.69) is 0 Å². The second-order valence-corrected chi connectivity index (χ2v) is 8.95. The molecule has 0 unspecified atom stereocenters. The van der Waals surface area contributed by atoms with Crippen LogP contribution in [0.15, 0.2) is 87.5 Å². The summed E-state index contributed by atoms with van der Waals surface area (Å²) in [5, 5.41) is -0.196. The van der Waals surface area contributed by atoms with Gasteiger partial charge in [0.15, 0.2) is 11.6 Å². The zero-order valence-corrected chi connectivity index (χ0v) is 16.8. The third-order valence-electron chi connectivity index (χ3n) is 4.91. The second kappa shape index (κ2) is 7.50. The number of benzene rings is 3. The smallest absolute Gasteiger partial charge is 0.211 e. The molecule has 0 saturated carbocycles. The Bertz CT molecular complexity index is 1410. The van der Waals surface area contributed by atoms with Crippen LogP contribution in [-0.2, 0) is 16.4 Å². The van der Waals surface area contributed by atoms with Crippen molar-refractivity contribution in [1.29, 1.82) is 0 Å². The van der Waals surface area contributed by atoms with Crippen molar-refractivity contribution in [2.24, 2.45) is 0 Å². The van der Waals surface area contributed by atoms with Gasteiger partial charge in [0.25, 0.3) is 0 Å². The average molecular weight is 425 g/mol. The Morgan fingerprint density at radius 1 is 0.900 bits per heavy atom. The van der Waals surface area contributed by atoms with E-state index in [0.29, 0.717) is 0 Å². The van der Waals surface area contributed by atoms with Gasteiger partial charge < -0.3 is 4.57 Å². The van der Waals surface area contributed by atoms with Crippen LogP contribution in [-0.4, -0.2) is 13.0 Å². The summed E-state index contributed by atoms with van der Waals surface area (Å²) in [5.74, 6) is -2.33. The second-order valence-electron chi connectivity index (χ2n) is 7.04. The van der Waals surface area contributed by atoms with E-state index in [1.54, 1.807) is 18.2 Å². The van der Waals surface area contributed by atoms with Crippen LogP contribution in [0.25, 0.3) is 10.9 Å². The van der Waals surface area contributed by atoms with Crippen LogP contribution in [0.2, 0.25) is 0 Å². The standard InChI is InChI=1S/C23H17F2NO3S/c1-15-7-9-16(10-8-15)13-26-14-22(30(28,29)17-5-3-2-4-6-17)23(27)18-11-19(24)20(25)12-21(18)26/h2-12,14H,13H2,1H3. The lowest BCUT2D eigenvalue weighted by Crippen LogP contribution is -2.20. The zero-order chi connectivity index (χ0) is 21.5. The largest absolute Gasteiger partial charge is 0.341 e. The molecule has 4 aromatic rings. The van der Waals surface area contributed by atoms with Crippen LogP contribution in [0.5, 0.6) is 0 Å². The molecule has 3 aromatic carbocycles. The lowest BCUT2D eigenvalue weighted by Gasteiger charge is -2.15. The molecule has 0 radical (unpaired) electrons. The van der Waals surface area contributed by atoms with Gasteiger partial charge in [-0.1, -0.05) is 48.0 Å². The molecule has 0 saturated heterocycles. The lowest BCUT2D eigenvalue weighted by molar-refractivity contribution is 0.510. The fourth-order valence-electron chi connectivity index (χ4n) is 3.30. The van der Waals surface area contributed by atoms with Gasteiger partial charge in [0.05, 0.1) is 15.8 Å². The first-order valence-electron chi connectivity index (χ1n) is 9.15. The Hall–Kier alpha value is -3.32. The van der Waals surface area contributed by atoms with Gasteiger partial charge in [-0.25, -0.2) is 17.2 Å². The van der Waals surface area contributed by atoms with Crippen LogP contribution in [0.4, 0.5) is 8.78 Å². The summed E-state index contributed by atoms with van der Waals surface area (Å²) in [6.45, 7) is 2.11. The molecular weight excluding hydrogens is 408 g/mol. The van der Waals surface area contributed by atoms with Crippen molar-refractivity contribution in [3.05, 3.63) is 106 Å². The molecule has 7 heteroatoms. The van der Waals surface area contributed by atoms with Gasteiger partial charge in [-0.05, 0) is 30.7 Å². The molecule has 152 valence electrons. The number of sulfone groups is 1. The molecule has 0 aliphatic heterocycles. The van der Waals surface area contributed by atoms with Gasteiger partial charge in [-0.3, -0.25) is 4.79 Å². The van der Waals surface area contributed by atoms with Gasteiger partial charge in [-0.15, -0.1) is 0 Å². The van der Waals surface area contributed by atoms with Gasteiger partial charge in [0.2, 0.25) is 15.3 Å². The van der Waals surface area contributed by atoms with Crippen molar-refractivity contribution in [2.75, 3.05) is 0 Å². The van der Waals surface area contributed by atoms with Crippen molar-refractivity contribution >= 4 is 20.7 Å². The van der Waals surface area contributed by atoms with Crippen LogP contribution >= 0.6 is 0 Å². The molecule has 0 fully saturated rings. The third-order valence-corrected chi connectivity index (χ3v) is 6.67. The Morgan fingerprint density at radius 3 is 2.20 bits per heavy atom. The maximum atomic E-state index is 13.9. The fraction of sp³-hybridized carbons (Fsp3) is 0.0870. The number of halogens is 2. The molecular formula is C23H17F2NO3S. The highest BCUT2D eigenvalue weighted by atomic mass is 32.2. The number of fused-ring (bicyclic) bond motifs is 1. The summed E-state index contributed by atoms with van der Waals surface area (Å²) in [6.07, 6.45) is 1.20. The van der Waals surface area contributed by atoms with E-state index >= 15 is 0 Å². The molecule has 0 N–H and O–H groups in total. The molecule has 1 aromatic heterocycles. The van der Waals surface area contributed by atoms with E-state index in [1.165, 1.54) is 22.9 Å². The highest BCUT2D eigenvalue weighted by molar-refractivity contribution is 7.91. The SMILES string of the molecule is Cc1ccc(Cn2cc(S(=O)(=O)c3ccccc3)c(=O)c3cc(F)c(F)cc32)cc1. The highest BCUT2D eigenvalue weighted by Crippen LogP contribution is 2.23. The average Bonchev–Trinajstić information content (AvgIpc) is 2.73. The maximum Gasteiger partial charge on any atom is 0.211 e. The number of pyridine rings is 1. The van der Waals surface area contributed by atoms with Crippen molar-refractivity contribution in [2.45, 2.75) is 23.3 Å². The minimum absolute atomic E-state index is 0.0501. The summed E-state index contributed by atoms with van der Waals surface area (Å²) in [7, 11) is -4.16. The summed E-state index contributed by atoms with van der Waals surface area (Å²) >= 11 is 0. The quantitative estimate of drug-likeness (QED) is 0.485. The van der Waals surface area contributed by atoms with Crippen molar-refractivity contribution in [3.63, 3.8) is 0 Å². The summed E-state index contributed by atoms with van der Waals surface area (Å²) in [5.41, 5.74) is 1.11. The van der Waals surface area contributed by atoms with E-state index < -0.39 is 31.8 Å². The molecule has 1 heterocycles. The van der Waals surface area contributed by atoms with E-state index in [9.17, 15) is 22.0 Å². The van der Waals surface area contributed by atoms with Crippen molar-refractivity contribution in [1.82, 2.24) is 4.57 Å². The molecule has 0 amide bonds. The predicted molar refractivity (Wildman–Crippen MR) is 110 cm³/mol. The lowest BCUT2D eigenvalue weighted by atomic mass is 10.1. The summed E-state index contributed by atoms with van der Waals surface area (Å²) in [4.78, 5) is 12.4. The topological polar surface area (TPSA) is 56.1 Å². The van der Waals surface area contributed by atoms with Gasteiger partial charge in [0.1, 0.15) is 4.90 Å². The number of rotatable bonds is 4. The molecule has 30 heavy (non-hydrogen) atoms. The number of aromatic nitrogens is 1. The molecule has 0 spiro atoms. The minimum Gasteiger partial charge on any atom is -0.341 e. The first-order valence-corrected chi connectivity index (χ1v) is 10.6. The fourth-order valence-corrected chi connectivity index (χ4v) is 4.69. The molecule has 0 aliphatic carbocycles. The molecule has 0 bridgehead atoms. The van der Waals surface area contributed by atoms with Gasteiger partial charge in [0, 0.05) is 18.8 Å².